The average Bonchev–Trinajstić information content (AvgIpc) is 2.95. The third-order valence-electron chi connectivity index (χ3n) is 3.11. The SMILES string of the molecule is Cc1[nH]ncc1CNC(=O)c1cc(C2CC2)on1. The Kier molecular flexibility index (Phi) is 2.62. The van der Waals surface area contributed by atoms with Gasteiger partial charge in [-0.1, -0.05) is 5.16 Å². The molecular weight excluding hydrogens is 232 g/mol. The fourth-order valence-corrected chi connectivity index (χ4v) is 1.78. The molecule has 3 rings (SSSR count). The summed E-state index contributed by atoms with van der Waals surface area (Å²) >= 11 is 0. The van der Waals surface area contributed by atoms with Gasteiger partial charge in [0.25, 0.3) is 5.91 Å². The van der Waals surface area contributed by atoms with Gasteiger partial charge in [0.15, 0.2) is 5.69 Å². The molecule has 1 aliphatic rings. The van der Waals surface area contributed by atoms with Crippen molar-refractivity contribution in [3.8, 4) is 0 Å². The van der Waals surface area contributed by atoms with Gasteiger partial charge in [0.1, 0.15) is 5.76 Å². The van der Waals surface area contributed by atoms with Crippen LogP contribution in [0.25, 0.3) is 0 Å². The molecule has 1 fully saturated rings. The maximum atomic E-state index is 11.8. The van der Waals surface area contributed by atoms with Crippen LogP contribution in [0.2, 0.25) is 0 Å². The molecule has 2 aromatic heterocycles. The summed E-state index contributed by atoms with van der Waals surface area (Å²) in [6.07, 6.45) is 3.96. The van der Waals surface area contributed by atoms with Crippen molar-refractivity contribution in [3.05, 3.63) is 35.0 Å². The van der Waals surface area contributed by atoms with E-state index in [1.807, 2.05) is 6.92 Å². The van der Waals surface area contributed by atoms with Gasteiger partial charge >= 0.3 is 0 Å². The number of aromatic nitrogens is 3. The average molecular weight is 246 g/mol. The molecule has 0 unspecified atom stereocenters. The maximum Gasteiger partial charge on any atom is 0.273 e. The van der Waals surface area contributed by atoms with E-state index >= 15 is 0 Å². The minimum absolute atomic E-state index is 0.216. The smallest absolute Gasteiger partial charge is 0.273 e. The molecule has 0 bridgehead atoms. The Hall–Kier alpha value is -2.11. The number of carbonyl (C=O) groups excluding carboxylic acids is 1. The van der Waals surface area contributed by atoms with Crippen molar-refractivity contribution in [3.63, 3.8) is 0 Å². The molecule has 0 radical (unpaired) electrons. The summed E-state index contributed by atoms with van der Waals surface area (Å²) < 4.78 is 5.14. The topological polar surface area (TPSA) is 83.8 Å². The zero-order valence-corrected chi connectivity index (χ0v) is 10.1. The van der Waals surface area contributed by atoms with Gasteiger partial charge in [-0.15, -0.1) is 0 Å². The van der Waals surface area contributed by atoms with E-state index < -0.39 is 0 Å². The number of aromatic amines is 1. The minimum Gasteiger partial charge on any atom is -0.360 e. The highest BCUT2D eigenvalue weighted by Gasteiger charge is 2.28. The van der Waals surface area contributed by atoms with Gasteiger partial charge in [-0.3, -0.25) is 9.89 Å². The van der Waals surface area contributed by atoms with Crippen molar-refractivity contribution in [1.82, 2.24) is 20.7 Å². The van der Waals surface area contributed by atoms with E-state index in [1.54, 1.807) is 12.3 Å². The Morgan fingerprint density at radius 2 is 2.44 bits per heavy atom. The molecule has 2 N–H and O–H groups in total. The van der Waals surface area contributed by atoms with E-state index in [0.717, 1.165) is 29.9 Å². The fraction of sp³-hybridized carbons (Fsp3) is 0.417. The number of carbonyl (C=O) groups is 1. The summed E-state index contributed by atoms with van der Waals surface area (Å²) in [6.45, 7) is 2.35. The molecule has 0 aliphatic heterocycles. The number of aryl methyl sites for hydroxylation is 1. The first-order valence-electron chi connectivity index (χ1n) is 5.97. The fourth-order valence-electron chi connectivity index (χ4n) is 1.78. The van der Waals surface area contributed by atoms with Crippen LogP contribution < -0.4 is 5.32 Å². The monoisotopic (exact) mass is 246 g/mol. The molecule has 2 aromatic rings. The summed E-state index contributed by atoms with van der Waals surface area (Å²) in [6, 6.07) is 1.73. The Morgan fingerprint density at radius 3 is 3.11 bits per heavy atom. The summed E-state index contributed by atoms with van der Waals surface area (Å²) in [5.41, 5.74) is 2.27. The van der Waals surface area contributed by atoms with Crippen LogP contribution in [-0.2, 0) is 6.54 Å². The zero-order valence-electron chi connectivity index (χ0n) is 10.1. The van der Waals surface area contributed by atoms with E-state index in [1.165, 1.54) is 0 Å². The Morgan fingerprint density at radius 1 is 1.61 bits per heavy atom. The highest BCUT2D eigenvalue weighted by molar-refractivity contribution is 5.92. The van der Waals surface area contributed by atoms with Crippen LogP contribution in [0.5, 0.6) is 0 Å². The second kappa shape index (κ2) is 4.29. The third-order valence-corrected chi connectivity index (χ3v) is 3.11. The number of H-pyrrole nitrogens is 1. The quantitative estimate of drug-likeness (QED) is 0.856. The second-order valence-corrected chi connectivity index (χ2v) is 4.59. The summed E-state index contributed by atoms with van der Waals surface area (Å²) in [5.74, 6) is 1.07. The molecule has 6 nitrogen and oxygen atoms in total. The lowest BCUT2D eigenvalue weighted by atomic mass is 10.2. The molecule has 1 aliphatic carbocycles. The molecule has 0 aromatic carbocycles. The van der Waals surface area contributed by atoms with E-state index in [9.17, 15) is 4.79 Å². The van der Waals surface area contributed by atoms with Crippen LogP contribution in [0.3, 0.4) is 0 Å². The highest BCUT2D eigenvalue weighted by atomic mass is 16.5. The standard InChI is InChI=1S/C12H14N4O2/c1-7-9(6-14-15-7)5-13-12(17)10-4-11(18-16-10)8-2-3-8/h4,6,8H,2-3,5H2,1H3,(H,13,17)(H,14,15). The van der Waals surface area contributed by atoms with E-state index in [2.05, 4.69) is 20.7 Å². The number of nitrogens with one attached hydrogen (secondary N) is 2. The Balaban J connectivity index is 1.62. The van der Waals surface area contributed by atoms with Gasteiger partial charge in [-0.05, 0) is 19.8 Å². The lowest BCUT2D eigenvalue weighted by Crippen LogP contribution is -2.23. The van der Waals surface area contributed by atoms with Crippen LogP contribution in [0.4, 0.5) is 0 Å². The van der Waals surface area contributed by atoms with E-state index in [4.69, 9.17) is 4.52 Å². The van der Waals surface area contributed by atoms with Gasteiger partial charge in [0, 0.05) is 29.8 Å². The lowest BCUT2D eigenvalue weighted by Gasteiger charge is -2.00. The predicted molar refractivity (Wildman–Crippen MR) is 63.0 cm³/mol. The van der Waals surface area contributed by atoms with Crippen molar-refractivity contribution in [2.24, 2.45) is 0 Å². The van der Waals surface area contributed by atoms with Gasteiger partial charge < -0.3 is 9.84 Å². The van der Waals surface area contributed by atoms with E-state index in [0.29, 0.717) is 18.2 Å². The van der Waals surface area contributed by atoms with Crippen LogP contribution in [0, 0.1) is 6.92 Å². The van der Waals surface area contributed by atoms with Crippen molar-refractivity contribution in [2.75, 3.05) is 0 Å². The lowest BCUT2D eigenvalue weighted by molar-refractivity contribution is 0.0941. The van der Waals surface area contributed by atoms with Crippen molar-refractivity contribution >= 4 is 5.91 Å². The first kappa shape index (κ1) is 11.0. The largest absolute Gasteiger partial charge is 0.360 e. The van der Waals surface area contributed by atoms with Gasteiger partial charge in [0.2, 0.25) is 0 Å². The van der Waals surface area contributed by atoms with Crippen LogP contribution in [0.15, 0.2) is 16.8 Å². The minimum atomic E-state index is -0.216. The number of rotatable bonds is 4. The normalized spacial score (nSPS) is 14.7. The summed E-state index contributed by atoms with van der Waals surface area (Å²) in [7, 11) is 0. The molecule has 1 amide bonds. The Bertz CT molecular complexity index is 568. The van der Waals surface area contributed by atoms with E-state index in [-0.39, 0.29) is 5.91 Å². The Labute approximate surface area is 104 Å². The molecule has 0 spiro atoms. The molecule has 94 valence electrons. The molecular formula is C12H14N4O2. The highest BCUT2D eigenvalue weighted by Crippen LogP contribution is 2.40. The van der Waals surface area contributed by atoms with Gasteiger partial charge in [-0.2, -0.15) is 5.10 Å². The molecule has 2 heterocycles. The van der Waals surface area contributed by atoms with Crippen molar-refractivity contribution in [1.29, 1.82) is 0 Å². The first-order chi connectivity index (χ1) is 8.74. The first-order valence-corrected chi connectivity index (χ1v) is 5.97. The number of nitrogens with zero attached hydrogens (tertiary/aromatic N) is 2. The van der Waals surface area contributed by atoms with Crippen LogP contribution in [0.1, 0.15) is 46.3 Å². The summed E-state index contributed by atoms with van der Waals surface area (Å²) in [4.78, 5) is 11.8. The third kappa shape index (κ3) is 2.13. The van der Waals surface area contributed by atoms with Crippen LogP contribution in [-0.4, -0.2) is 21.3 Å². The summed E-state index contributed by atoms with van der Waals surface area (Å²) in [5, 5.41) is 13.3. The molecule has 1 saturated carbocycles. The number of hydrogen-bond donors (Lipinski definition) is 2. The zero-order chi connectivity index (χ0) is 12.5. The molecule has 0 saturated heterocycles. The van der Waals surface area contributed by atoms with Crippen LogP contribution >= 0.6 is 0 Å². The second-order valence-electron chi connectivity index (χ2n) is 4.59. The van der Waals surface area contributed by atoms with Gasteiger partial charge in [-0.25, -0.2) is 0 Å². The maximum absolute atomic E-state index is 11.8. The molecule has 0 atom stereocenters. The number of hydrogen-bond acceptors (Lipinski definition) is 4. The number of amides is 1. The molecule has 6 heteroatoms. The van der Waals surface area contributed by atoms with Gasteiger partial charge in [0.05, 0.1) is 6.20 Å². The predicted octanol–water partition coefficient (Wildman–Crippen LogP) is 1.51. The van der Waals surface area contributed by atoms with Crippen molar-refractivity contribution < 1.29 is 9.32 Å². The molecule has 18 heavy (non-hydrogen) atoms. The van der Waals surface area contributed by atoms with Crippen molar-refractivity contribution in [2.45, 2.75) is 32.2 Å².